The third-order valence-corrected chi connectivity index (χ3v) is 5.42. The van der Waals surface area contributed by atoms with E-state index < -0.39 is 0 Å². The zero-order chi connectivity index (χ0) is 12.4. The van der Waals surface area contributed by atoms with Crippen LogP contribution in [0.4, 0.5) is 5.69 Å². The molecule has 1 aromatic carbocycles. The van der Waals surface area contributed by atoms with Crippen LogP contribution in [-0.4, -0.2) is 23.7 Å². The number of fused-ring (bicyclic) bond motifs is 1. The average molecular weight is 263 g/mol. The number of hydrogen-bond donors (Lipinski definition) is 1. The van der Waals surface area contributed by atoms with Gasteiger partial charge in [0.05, 0.1) is 0 Å². The third-order valence-electron chi connectivity index (χ3n) is 3.91. The van der Waals surface area contributed by atoms with E-state index in [4.69, 9.17) is 4.74 Å². The number of anilines is 1. The highest BCUT2D eigenvalue weighted by Gasteiger charge is 2.29. The van der Waals surface area contributed by atoms with Crippen molar-refractivity contribution in [3.8, 4) is 5.75 Å². The van der Waals surface area contributed by atoms with E-state index in [2.05, 4.69) is 42.2 Å². The summed E-state index contributed by atoms with van der Waals surface area (Å²) in [4.78, 5) is 0. The Labute approximate surface area is 113 Å². The molecule has 0 radical (unpaired) electrons. The lowest BCUT2D eigenvalue weighted by Crippen LogP contribution is -2.31. The van der Waals surface area contributed by atoms with Gasteiger partial charge in [-0.15, -0.1) is 0 Å². The summed E-state index contributed by atoms with van der Waals surface area (Å²) < 4.78 is 6.44. The van der Waals surface area contributed by atoms with Crippen molar-refractivity contribution in [2.45, 2.75) is 37.4 Å². The number of nitrogens with one attached hydrogen (secondary N) is 1. The van der Waals surface area contributed by atoms with Crippen LogP contribution in [0.1, 0.15) is 31.7 Å². The molecular weight excluding hydrogens is 242 g/mol. The molecule has 1 saturated heterocycles. The molecule has 18 heavy (non-hydrogen) atoms. The largest absolute Gasteiger partial charge is 0.492 e. The van der Waals surface area contributed by atoms with Crippen molar-refractivity contribution in [2.75, 3.05) is 24.2 Å². The van der Waals surface area contributed by atoms with E-state index >= 15 is 0 Å². The predicted octanol–water partition coefficient (Wildman–Crippen LogP) is 3.71. The molecule has 1 fully saturated rings. The van der Waals surface area contributed by atoms with Crippen molar-refractivity contribution < 1.29 is 4.74 Å². The molecule has 98 valence electrons. The fourth-order valence-electron chi connectivity index (χ4n) is 2.78. The lowest BCUT2D eigenvalue weighted by atomic mass is 10.0. The molecule has 1 N–H and O–H groups in total. The van der Waals surface area contributed by atoms with Crippen LogP contribution in [0, 0.1) is 0 Å². The highest BCUT2D eigenvalue weighted by atomic mass is 32.2. The molecule has 1 unspecified atom stereocenters. The van der Waals surface area contributed by atoms with Crippen molar-refractivity contribution in [2.24, 2.45) is 0 Å². The zero-order valence-electron chi connectivity index (χ0n) is 11.0. The number of ether oxygens (including phenoxy) is 1. The normalized spacial score (nSPS) is 26.5. The number of rotatable bonds is 3. The maximum atomic E-state index is 6.13. The molecule has 0 bridgehead atoms. The second kappa shape index (κ2) is 5.04. The maximum absolute atomic E-state index is 6.13. The topological polar surface area (TPSA) is 21.3 Å². The highest BCUT2D eigenvalue weighted by Crippen LogP contribution is 2.38. The Morgan fingerprint density at radius 2 is 2.33 bits per heavy atom. The fourth-order valence-corrected chi connectivity index (χ4v) is 4.05. The SMILES string of the molecule is CC1(COc2cccc3c2CCN3)CCCCS1. The van der Waals surface area contributed by atoms with Crippen molar-refractivity contribution in [3.63, 3.8) is 0 Å². The van der Waals surface area contributed by atoms with E-state index in [-0.39, 0.29) is 0 Å². The molecule has 2 nitrogen and oxygen atoms in total. The Morgan fingerprint density at radius 1 is 1.39 bits per heavy atom. The van der Waals surface area contributed by atoms with Gasteiger partial charge in [0.1, 0.15) is 12.4 Å². The first-order valence-corrected chi connectivity index (χ1v) is 7.88. The van der Waals surface area contributed by atoms with Crippen molar-refractivity contribution >= 4 is 17.4 Å². The van der Waals surface area contributed by atoms with Gasteiger partial charge in [0.15, 0.2) is 0 Å². The molecule has 0 aromatic heterocycles. The van der Waals surface area contributed by atoms with Crippen molar-refractivity contribution in [3.05, 3.63) is 23.8 Å². The Bertz CT molecular complexity index is 427. The monoisotopic (exact) mass is 263 g/mol. The summed E-state index contributed by atoms with van der Waals surface area (Å²) in [6.45, 7) is 4.23. The smallest absolute Gasteiger partial charge is 0.124 e. The molecule has 0 saturated carbocycles. The molecule has 1 atom stereocenters. The molecular formula is C15H21NOS. The van der Waals surface area contributed by atoms with E-state index in [1.54, 1.807) is 0 Å². The minimum atomic E-state index is 0.313. The van der Waals surface area contributed by atoms with Crippen LogP contribution >= 0.6 is 11.8 Å². The quantitative estimate of drug-likeness (QED) is 0.898. The number of hydrogen-bond acceptors (Lipinski definition) is 3. The van der Waals surface area contributed by atoms with Crippen molar-refractivity contribution in [1.29, 1.82) is 0 Å². The van der Waals surface area contributed by atoms with Crippen LogP contribution in [0.2, 0.25) is 0 Å². The van der Waals surface area contributed by atoms with Gasteiger partial charge in [0.25, 0.3) is 0 Å². The Morgan fingerprint density at radius 3 is 3.17 bits per heavy atom. The van der Waals surface area contributed by atoms with Gasteiger partial charge in [-0.3, -0.25) is 0 Å². The molecule has 3 rings (SSSR count). The van der Waals surface area contributed by atoms with Crippen LogP contribution in [-0.2, 0) is 6.42 Å². The maximum Gasteiger partial charge on any atom is 0.124 e. The van der Waals surface area contributed by atoms with E-state index in [9.17, 15) is 0 Å². The standard InChI is InChI=1S/C15H21NOS/c1-15(8-2-3-10-18-15)11-17-14-6-4-5-13-12(14)7-9-16-13/h4-6,16H,2-3,7-11H2,1H3. The van der Waals surface area contributed by atoms with E-state index in [1.165, 1.54) is 36.3 Å². The molecule has 0 aliphatic carbocycles. The summed E-state index contributed by atoms with van der Waals surface area (Å²) in [7, 11) is 0. The molecule has 2 aliphatic heterocycles. The Kier molecular flexibility index (Phi) is 3.42. The summed E-state index contributed by atoms with van der Waals surface area (Å²) in [5, 5.41) is 3.40. The second-order valence-corrected chi connectivity index (χ2v) is 7.19. The lowest BCUT2D eigenvalue weighted by molar-refractivity contribution is 0.265. The van der Waals surface area contributed by atoms with Crippen molar-refractivity contribution in [1.82, 2.24) is 0 Å². The number of thioether (sulfide) groups is 1. The molecule has 0 amide bonds. The number of benzene rings is 1. The van der Waals surface area contributed by atoms with Gasteiger partial charge in [-0.05, 0) is 44.1 Å². The first-order valence-electron chi connectivity index (χ1n) is 6.89. The highest BCUT2D eigenvalue weighted by molar-refractivity contribution is 8.00. The Hall–Kier alpha value is -0.830. The molecule has 0 spiro atoms. The minimum absolute atomic E-state index is 0.313. The summed E-state index contributed by atoms with van der Waals surface area (Å²) in [5.74, 6) is 2.37. The third kappa shape index (κ3) is 2.46. The molecule has 2 aliphatic rings. The van der Waals surface area contributed by atoms with Gasteiger partial charge in [0.2, 0.25) is 0 Å². The zero-order valence-corrected chi connectivity index (χ0v) is 11.8. The predicted molar refractivity (Wildman–Crippen MR) is 78.8 cm³/mol. The summed E-state index contributed by atoms with van der Waals surface area (Å²) in [6, 6.07) is 6.35. The summed E-state index contributed by atoms with van der Waals surface area (Å²) >= 11 is 2.08. The first-order chi connectivity index (χ1) is 8.77. The van der Waals surface area contributed by atoms with E-state index in [0.29, 0.717) is 4.75 Å². The van der Waals surface area contributed by atoms with Gasteiger partial charge in [-0.2, -0.15) is 11.8 Å². The molecule has 3 heteroatoms. The molecule has 1 aromatic rings. The van der Waals surface area contributed by atoms with Gasteiger partial charge in [-0.1, -0.05) is 12.5 Å². The lowest BCUT2D eigenvalue weighted by Gasteiger charge is -2.32. The second-order valence-electron chi connectivity index (χ2n) is 5.50. The van der Waals surface area contributed by atoms with Crippen LogP contribution in [0.25, 0.3) is 0 Å². The van der Waals surface area contributed by atoms with Gasteiger partial charge in [-0.25, -0.2) is 0 Å². The van der Waals surface area contributed by atoms with Crippen LogP contribution < -0.4 is 10.1 Å². The van der Waals surface area contributed by atoms with Crippen LogP contribution in [0.15, 0.2) is 18.2 Å². The van der Waals surface area contributed by atoms with Crippen LogP contribution in [0.3, 0.4) is 0 Å². The first kappa shape index (κ1) is 12.2. The summed E-state index contributed by atoms with van der Waals surface area (Å²) in [5.41, 5.74) is 2.62. The van der Waals surface area contributed by atoms with Gasteiger partial charge < -0.3 is 10.1 Å². The summed E-state index contributed by atoms with van der Waals surface area (Å²) in [6.07, 6.45) is 5.09. The Balaban J connectivity index is 1.68. The average Bonchev–Trinajstić information content (AvgIpc) is 2.86. The van der Waals surface area contributed by atoms with Crippen LogP contribution in [0.5, 0.6) is 5.75 Å². The van der Waals surface area contributed by atoms with Gasteiger partial charge in [0, 0.05) is 22.5 Å². The van der Waals surface area contributed by atoms with E-state index in [0.717, 1.165) is 25.3 Å². The molecule has 2 heterocycles. The fraction of sp³-hybridized carbons (Fsp3) is 0.600. The minimum Gasteiger partial charge on any atom is -0.492 e. The van der Waals surface area contributed by atoms with Gasteiger partial charge >= 0.3 is 0 Å². The van der Waals surface area contributed by atoms with E-state index in [1.807, 2.05) is 0 Å².